The zero-order valence-corrected chi connectivity index (χ0v) is 11.9. The summed E-state index contributed by atoms with van der Waals surface area (Å²) < 4.78 is 4.78. The molecule has 0 aliphatic carbocycles. The van der Waals surface area contributed by atoms with Crippen molar-refractivity contribution in [3.05, 3.63) is 53.3 Å². The van der Waals surface area contributed by atoms with Crippen molar-refractivity contribution >= 4 is 17.3 Å². The fourth-order valence-corrected chi connectivity index (χ4v) is 2.69. The Morgan fingerprint density at radius 3 is 3.05 bits per heavy atom. The van der Waals surface area contributed by atoms with Gasteiger partial charge in [0.1, 0.15) is 0 Å². The van der Waals surface area contributed by atoms with Gasteiger partial charge in [-0.25, -0.2) is 4.79 Å². The van der Waals surface area contributed by atoms with E-state index in [-0.39, 0.29) is 0 Å². The number of methoxy groups -OCH3 is 1. The van der Waals surface area contributed by atoms with Gasteiger partial charge in [-0.05, 0) is 35.7 Å². The lowest BCUT2D eigenvalue weighted by molar-refractivity contribution is 0.0602. The largest absolute Gasteiger partial charge is 0.465 e. The van der Waals surface area contributed by atoms with E-state index in [1.54, 1.807) is 6.20 Å². The normalized spacial score (nSPS) is 13.1. The molecule has 0 atom stereocenters. The van der Waals surface area contributed by atoms with Crippen LogP contribution >= 0.6 is 0 Å². The van der Waals surface area contributed by atoms with Crippen LogP contribution in [0.5, 0.6) is 0 Å². The fraction of sp³-hybridized carbons (Fsp3) is 0.250. The zero-order valence-electron chi connectivity index (χ0n) is 11.9. The second-order valence-electron chi connectivity index (χ2n) is 5.09. The first-order valence-corrected chi connectivity index (χ1v) is 6.83. The number of pyridine rings is 1. The van der Waals surface area contributed by atoms with Crippen LogP contribution in [-0.2, 0) is 17.7 Å². The summed E-state index contributed by atoms with van der Waals surface area (Å²) in [4.78, 5) is 18.1. The maximum Gasteiger partial charge on any atom is 0.340 e. The van der Waals surface area contributed by atoms with Gasteiger partial charge in [-0.15, -0.1) is 0 Å². The number of nitrogen functional groups attached to an aromatic ring is 1. The quantitative estimate of drug-likeness (QED) is 0.689. The molecular weight excluding hydrogens is 266 g/mol. The summed E-state index contributed by atoms with van der Waals surface area (Å²) in [5.74, 6) is -0.400. The highest BCUT2D eigenvalue weighted by molar-refractivity contribution is 5.97. The Hall–Kier alpha value is -2.56. The highest BCUT2D eigenvalue weighted by Gasteiger charge is 2.23. The molecule has 0 saturated heterocycles. The van der Waals surface area contributed by atoms with Crippen molar-refractivity contribution in [3.63, 3.8) is 0 Å². The molecule has 2 N–H and O–H groups in total. The second-order valence-corrected chi connectivity index (χ2v) is 5.09. The molecule has 0 saturated carbocycles. The van der Waals surface area contributed by atoms with E-state index in [1.807, 2.05) is 30.5 Å². The van der Waals surface area contributed by atoms with Gasteiger partial charge in [-0.1, -0.05) is 6.07 Å². The van der Waals surface area contributed by atoms with Crippen LogP contribution in [0.4, 0.5) is 11.4 Å². The SMILES string of the molecule is COC(=O)c1cc2c(cc1N)CCN2Cc1cccnc1. The van der Waals surface area contributed by atoms with E-state index in [0.29, 0.717) is 11.3 Å². The van der Waals surface area contributed by atoms with Gasteiger partial charge in [0.05, 0.1) is 12.7 Å². The maximum absolute atomic E-state index is 11.8. The number of aromatic nitrogens is 1. The van der Waals surface area contributed by atoms with Gasteiger partial charge >= 0.3 is 5.97 Å². The van der Waals surface area contributed by atoms with Gasteiger partial charge in [0, 0.05) is 36.9 Å². The van der Waals surface area contributed by atoms with Crippen molar-refractivity contribution in [2.45, 2.75) is 13.0 Å². The summed E-state index contributed by atoms with van der Waals surface area (Å²) in [6, 6.07) is 7.68. The third-order valence-electron chi connectivity index (χ3n) is 3.74. The number of anilines is 2. The third-order valence-corrected chi connectivity index (χ3v) is 3.74. The molecule has 2 aromatic rings. The molecule has 1 aromatic carbocycles. The van der Waals surface area contributed by atoms with Crippen molar-refractivity contribution < 1.29 is 9.53 Å². The summed E-state index contributed by atoms with van der Waals surface area (Å²) in [5.41, 5.74) is 10.2. The van der Waals surface area contributed by atoms with Crippen LogP contribution in [0.1, 0.15) is 21.5 Å². The number of fused-ring (bicyclic) bond motifs is 1. The molecule has 0 bridgehead atoms. The molecule has 3 rings (SSSR count). The van der Waals surface area contributed by atoms with Crippen LogP contribution in [-0.4, -0.2) is 24.6 Å². The van der Waals surface area contributed by atoms with Gasteiger partial charge in [-0.2, -0.15) is 0 Å². The van der Waals surface area contributed by atoms with E-state index in [1.165, 1.54) is 12.7 Å². The van der Waals surface area contributed by atoms with E-state index in [9.17, 15) is 4.79 Å². The van der Waals surface area contributed by atoms with Crippen LogP contribution in [0.3, 0.4) is 0 Å². The van der Waals surface area contributed by atoms with Crippen molar-refractivity contribution in [2.75, 3.05) is 24.3 Å². The molecule has 108 valence electrons. The molecule has 2 heterocycles. The summed E-state index contributed by atoms with van der Waals surface area (Å²) in [7, 11) is 1.36. The molecule has 0 amide bonds. The molecule has 1 aromatic heterocycles. The standard InChI is InChI=1S/C16H17N3O2/c1-21-16(20)13-8-15-12(7-14(13)17)4-6-19(15)10-11-3-2-5-18-9-11/h2-3,5,7-9H,4,6,10,17H2,1H3. The molecule has 5 nitrogen and oxygen atoms in total. The van der Waals surface area contributed by atoms with Gasteiger partial charge in [0.15, 0.2) is 0 Å². The first-order valence-electron chi connectivity index (χ1n) is 6.83. The van der Waals surface area contributed by atoms with Crippen LogP contribution in [0.25, 0.3) is 0 Å². The van der Waals surface area contributed by atoms with Crippen molar-refractivity contribution in [1.82, 2.24) is 4.98 Å². The number of benzene rings is 1. The summed E-state index contributed by atoms with van der Waals surface area (Å²) in [6.07, 6.45) is 4.55. The summed E-state index contributed by atoms with van der Waals surface area (Å²) in [6.45, 7) is 1.68. The molecule has 0 radical (unpaired) electrons. The fourth-order valence-electron chi connectivity index (χ4n) is 2.69. The summed E-state index contributed by atoms with van der Waals surface area (Å²) >= 11 is 0. The average Bonchev–Trinajstić information content (AvgIpc) is 2.88. The Morgan fingerprint density at radius 2 is 2.33 bits per heavy atom. The molecule has 1 aliphatic rings. The van der Waals surface area contributed by atoms with E-state index in [0.717, 1.165) is 30.8 Å². The predicted molar refractivity (Wildman–Crippen MR) is 81.2 cm³/mol. The number of hydrogen-bond donors (Lipinski definition) is 1. The third kappa shape index (κ3) is 2.54. The lowest BCUT2D eigenvalue weighted by Crippen LogP contribution is -2.20. The highest BCUT2D eigenvalue weighted by Crippen LogP contribution is 2.33. The number of ether oxygens (including phenoxy) is 1. The topological polar surface area (TPSA) is 68.5 Å². The predicted octanol–water partition coefficient (Wildman–Crippen LogP) is 2.01. The Kier molecular flexibility index (Phi) is 3.48. The summed E-state index contributed by atoms with van der Waals surface area (Å²) in [5, 5.41) is 0. The number of rotatable bonds is 3. The van der Waals surface area contributed by atoms with Gasteiger partial charge < -0.3 is 15.4 Å². The molecule has 0 fully saturated rings. The molecule has 0 unspecified atom stereocenters. The monoisotopic (exact) mass is 283 g/mol. The smallest absolute Gasteiger partial charge is 0.340 e. The molecular formula is C16H17N3O2. The highest BCUT2D eigenvalue weighted by atomic mass is 16.5. The average molecular weight is 283 g/mol. The van der Waals surface area contributed by atoms with Crippen LogP contribution < -0.4 is 10.6 Å². The van der Waals surface area contributed by atoms with Gasteiger partial charge in [0.25, 0.3) is 0 Å². The van der Waals surface area contributed by atoms with Crippen molar-refractivity contribution in [2.24, 2.45) is 0 Å². The van der Waals surface area contributed by atoms with Crippen LogP contribution in [0.2, 0.25) is 0 Å². The first kappa shape index (κ1) is 13.4. The molecule has 5 heteroatoms. The number of carbonyl (C=O) groups excluding carboxylic acids is 1. The number of nitrogens with two attached hydrogens (primary N) is 1. The van der Waals surface area contributed by atoms with E-state index < -0.39 is 5.97 Å². The lowest BCUT2D eigenvalue weighted by atomic mass is 10.1. The maximum atomic E-state index is 11.8. The number of esters is 1. The van der Waals surface area contributed by atoms with Gasteiger partial charge in [-0.3, -0.25) is 4.98 Å². The lowest BCUT2D eigenvalue weighted by Gasteiger charge is -2.20. The molecule has 1 aliphatic heterocycles. The Morgan fingerprint density at radius 1 is 1.48 bits per heavy atom. The second kappa shape index (κ2) is 5.44. The van der Waals surface area contributed by atoms with Gasteiger partial charge in [0.2, 0.25) is 0 Å². The zero-order chi connectivity index (χ0) is 14.8. The number of nitrogens with zero attached hydrogens (tertiary/aromatic N) is 2. The Balaban J connectivity index is 1.92. The molecule has 21 heavy (non-hydrogen) atoms. The van der Waals surface area contributed by atoms with E-state index >= 15 is 0 Å². The van der Waals surface area contributed by atoms with Crippen molar-refractivity contribution in [1.29, 1.82) is 0 Å². The van der Waals surface area contributed by atoms with Crippen LogP contribution in [0.15, 0.2) is 36.7 Å². The Labute approximate surface area is 123 Å². The van der Waals surface area contributed by atoms with Crippen molar-refractivity contribution in [3.8, 4) is 0 Å². The van der Waals surface area contributed by atoms with Crippen LogP contribution in [0, 0.1) is 0 Å². The minimum atomic E-state index is -0.400. The minimum Gasteiger partial charge on any atom is -0.465 e. The Bertz CT molecular complexity index is 671. The molecule has 0 spiro atoms. The number of hydrogen-bond acceptors (Lipinski definition) is 5. The number of carbonyl (C=O) groups is 1. The first-order chi connectivity index (χ1) is 10.2. The minimum absolute atomic E-state index is 0.400. The van der Waals surface area contributed by atoms with E-state index in [4.69, 9.17) is 10.5 Å². The van der Waals surface area contributed by atoms with E-state index in [2.05, 4.69) is 9.88 Å².